The topological polar surface area (TPSA) is 116 Å². The number of imide groups is 1. The van der Waals surface area contributed by atoms with E-state index in [-0.39, 0.29) is 10.5 Å². The van der Waals surface area contributed by atoms with Crippen molar-refractivity contribution in [3.8, 4) is 0 Å². The summed E-state index contributed by atoms with van der Waals surface area (Å²) in [6.07, 6.45) is 0.297. The first kappa shape index (κ1) is 21.5. The molecule has 1 fully saturated rings. The summed E-state index contributed by atoms with van der Waals surface area (Å²) in [6.45, 7) is 1.76. The lowest BCUT2D eigenvalue weighted by molar-refractivity contribution is -0.133. The van der Waals surface area contributed by atoms with Crippen LogP contribution in [0.2, 0.25) is 0 Å². The van der Waals surface area contributed by atoms with Gasteiger partial charge in [-0.3, -0.25) is 15.0 Å². The molecule has 1 heterocycles. The molecule has 2 aromatic carbocycles. The van der Waals surface area contributed by atoms with Gasteiger partial charge in [0, 0.05) is 19.7 Å². The molecule has 0 aliphatic carbocycles. The van der Waals surface area contributed by atoms with Crippen LogP contribution in [0.15, 0.2) is 59.5 Å². The second-order valence-electron chi connectivity index (χ2n) is 6.95. The highest BCUT2D eigenvalue weighted by molar-refractivity contribution is 7.89. The van der Waals surface area contributed by atoms with Gasteiger partial charge in [0.25, 0.3) is 11.8 Å². The van der Waals surface area contributed by atoms with Crippen LogP contribution in [0.25, 0.3) is 0 Å². The Balaban J connectivity index is 1.82. The number of carbonyl (C=O) groups excluding carboxylic acids is 3. The minimum absolute atomic E-state index is 0.0214. The molecule has 2 N–H and O–H groups in total. The first-order valence-corrected chi connectivity index (χ1v) is 10.6. The Morgan fingerprint density at radius 1 is 1.07 bits per heavy atom. The third-order valence-electron chi connectivity index (χ3n) is 5.00. The number of nitrogens with one attached hydrogen (secondary N) is 2. The molecular formula is C20H22N4O5S. The number of hydrazine groups is 1. The minimum atomic E-state index is -3.64. The van der Waals surface area contributed by atoms with Crippen LogP contribution in [-0.2, 0) is 20.4 Å². The lowest BCUT2D eigenvalue weighted by Gasteiger charge is -2.25. The number of amides is 4. The van der Waals surface area contributed by atoms with E-state index < -0.39 is 33.4 Å². The van der Waals surface area contributed by atoms with Crippen molar-refractivity contribution in [3.05, 3.63) is 65.7 Å². The molecule has 1 aliphatic rings. The molecule has 9 nitrogen and oxygen atoms in total. The molecular weight excluding hydrogens is 408 g/mol. The molecule has 1 atom stereocenters. The number of urea groups is 1. The van der Waals surface area contributed by atoms with Gasteiger partial charge >= 0.3 is 6.03 Å². The number of nitrogens with zero attached hydrogens (tertiary/aromatic N) is 2. The molecule has 3 rings (SSSR count). The van der Waals surface area contributed by atoms with Crippen molar-refractivity contribution in [1.29, 1.82) is 0 Å². The van der Waals surface area contributed by atoms with E-state index in [0.29, 0.717) is 17.0 Å². The summed E-state index contributed by atoms with van der Waals surface area (Å²) >= 11 is 0. The Bertz CT molecular complexity index is 1080. The van der Waals surface area contributed by atoms with Crippen LogP contribution in [0.1, 0.15) is 29.3 Å². The maximum absolute atomic E-state index is 13.0. The van der Waals surface area contributed by atoms with Gasteiger partial charge in [0.05, 0.1) is 4.90 Å². The Hall–Kier alpha value is -3.24. The summed E-state index contributed by atoms with van der Waals surface area (Å²) in [5.74, 6) is -1.31. The number of benzene rings is 2. The van der Waals surface area contributed by atoms with E-state index in [0.717, 1.165) is 4.31 Å². The van der Waals surface area contributed by atoms with E-state index in [1.54, 1.807) is 37.3 Å². The summed E-state index contributed by atoms with van der Waals surface area (Å²) in [7, 11) is -0.830. The summed E-state index contributed by atoms with van der Waals surface area (Å²) in [5, 5.41) is 3.33. The van der Waals surface area contributed by atoms with Gasteiger partial charge in [0.2, 0.25) is 10.0 Å². The van der Waals surface area contributed by atoms with Gasteiger partial charge in [-0.2, -0.15) is 5.01 Å². The van der Waals surface area contributed by atoms with Crippen molar-refractivity contribution in [1.82, 2.24) is 20.1 Å². The average Bonchev–Trinajstić information content (AvgIpc) is 2.99. The molecule has 0 unspecified atom stereocenters. The van der Waals surface area contributed by atoms with Gasteiger partial charge in [-0.15, -0.1) is 0 Å². The largest absolute Gasteiger partial charge is 0.344 e. The number of hydrogen-bond acceptors (Lipinski definition) is 5. The van der Waals surface area contributed by atoms with Crippen molar-refractivity contribution in [2.24, 2.45) is 0 Å². The summed E-state index contributed by atoms with van der Waals surface area (Å²) in [4.78, 5) is 38.1. The van der Waals surface area contributed by atoms with Crippen molar-refractivity contribution in [2.75, 3.05) is 14.1 Å². The fraction of sp³-hybridized carbons (Fsp3) is 0.250. The third kappa shape index (κ3) is 3.55. The Morgan fingerprint density at radius 2 is 1.67 bits per heavy atom. The van der Waals surface area contributed by atoms with Crippen molar-refractivity contribution in [3.63, 3.8) is 0 Å². The van der Waals surface area contributed by atoms with Crippen molar-refractivity contribution in [2.45, 2.75) is 23.8 Å². The second kappa shape index (κ2) is 7.88. The first-order valence-electron chi connectivity index (χ1n) is 9.19. The van der Waals surface area contributed by atoms with E-state index in [9.17, 15) is 22.8 Å². The maximum atomic E-state index is 13.0. The number of rotatable bonds is 6. The van der Waals surface area contributed by atoms with Crippen LogP contribution in [-0.4, -0.2) is 49.7 Å². The molecule has 10 heteroatoms. The third-order valence-corrected chi connectivity index (χ3v) is 6.83. The van der Waals surface area contributed by atoms with Gasteiger partial charge < -0.3 is 5.32 Å². The van der Waals surface area contributed by atoms with Gasteiger partial charge in [0.15, 0.2) is 0 Å². The molecule has 4 amide bonds. The predicted molar refractivity (Wildman–Crippen MR) is 109 cm³/mol. The zero-order valence-corrected chi connectivity index (χ0v) is 17.6. The van der Waals surface area contributed by atoms with Crippen molar-refractivity contribution >= 4 is 27.9 Å². The van der Waals surface area contributed by atoms with Crippen LogP contribution < -0.4 is 10.7 Å². The number of hydrogen-bond donors (Lipinski definition) is 2. The Kier molecular flexibility index (Phi) is 5.64. The molecule has 0 radical (unpaired) electrons. The molecule has 1 aliphatic heterocycles. The molecule has 30 heavy (non-hydrogen) atoms. The number of carbonyl (C=O) groups is 3. The fourth-order valence-electron chi connectivity index (χ4n) is 3.19. The van der Waals surface area contributed by atoms with E-state index in [1.807, 2.05) is 0 Å². The van der Waals surface area contributed by atoms with Gasteiger partial charge in [-0.25, -0.2) is 17.5 Å². The van der Waals surface area contributed by atoms with E-state index in [1.165, 1.54) is 38.4 Å². The summed E-state index contributed by atoms with van der Waals surface area (Å²) in [6, 6.07) is 13.2. The highest BCUT2D eigenvalue weighted by Gasteiger charge is 2.52. The van der Waals surface area contributed by atoms with Crippen LogP contribution in [0.3, 0.4) is 0 Å². The SMILES string of the molecule is CC[C@]1(c2ccccc2)NC(=O)N(NC(=O)c2ccc(S(=O)(=O)N(C)C)cc2)C1=O. The average molecular weight is 430 g/mol. The smallest absolute Gasteiger partial charge is 0.318 e. The Morgan fingerprint density at radius 3 is 2.20 bits per heavy atom. The van der Waals surface area contributed by atoms with E-state index >= 15 is 0 Å². The molecule has 0 spiro atoms. The highest BCUT2D eigenvalue weighted by atomic mass is 32.2. The van der Waals surface area contributed by atoms with Crippen molar-refractivity contribution < 1.29 is 22.8 Å². The normalized spacial score (nSPS) is 19.1. The molecule has 2 aromatic rings. The van der Waals surface area contributed by atoms with Gasteiger partial charge in [0.1, 0.15) is 5.54 Å². The Labute approximate surface area is 174 Å². The zero-order chi connectivity index (χ0) is 22.1. The molecule has 0 bridgehead atoms. The lowest BCUT2D eigenvalue weighted by atomic mass is 9.87. The van der Waals surface area contributed by atoms with E-state index in [4.69, 9.17) is 0 Å². The minimum Gasteiger partial charge on any atom is -0.318 e. The van der Waals surface area contributed by atoms with Crippen LogP contribution in [0.4, 0.5) is 4.79 Å². The van der Waals surface area contributed by atoms with Crippen LogP contribution >= 0.6 is 0 Å². The molecule has 158 valence electrons. The molecule has 1 saturated heterocycles. The molecule has 0 saturated carbocycles. The summed E-state index contributed by atoms with van der Waals surface area (Å²) < 4.78 is 25.3. The standard InChI is InChI=1S/C20H22N4O5S/c1-4-20(15-8-6-5-7-9-15)18(26)24(19(27)21-20)22-17(25)14-10-12-16(13-11-14)30(28,29)23(2)3/h5-13H,4H2,1-3H3,(H,21,27)(H,22,25)/t20-/m1/s1. The quantitative estimate of drug-likeness (QED) is 0.673. The number of sulfonamides is 1. The fourth-order valence-corrected chi connectivity index (χ4v) is 4.10. The lowest BCUT2D eigenvalue weighted by Crippen LogP contribution is -2.48. The second-order valence-corrected chi connectivity index (χ2v) is 9.10. The zero-order valence-electron chi connectivity index (χ0n) is 16.7. The summed E-state index contributed by atoms with van der Waals surface area (Å²) in [5.41, 5.74) is 1.75. The maximum Gasteiger partial charge on any atom is 0.344 e. The van der Waals surface area contributed by atoms with Crippen LogP contribution in [0.5, 0.6) is 0 Å². The van der Waals surface area contributed by atoms with Crippen LogP contribution in [0, 0.1) is 0 Å². The predicted octanol–water partition coefficient (Wildman–Crippen LogP) is 1.44. The molecule has 0 aromatic heterocycles. The highest BCUT2D eigenvalue weighted by Crippen LogP contribution is 2.31. The van der Waals surface area contributed by atoms with E-state index in [2.05, 4.69) is 10.7 Å². The van der Waals surface area contributed by atoms with Gasteiger partial charge in [-0.05, 0) is 36.2 Å². The van der Waals surface area contributed by atoms with Gasteiger partial charge in [-0.1, -0.05) is 37.3 Å². The monoisotopic (exact) mass is 430 g/mol. The first-order chi connectivity index (χ1) is 14.1.